The highest BCUT2D eigenvalue weighted by atomic mass is 31.2. The minimum Gasteiger partial charge on any atom is -0.497 e. The molecule has 0 N–H and O–H groups in total. The van der Waals surface area contributed by atoms with E-state index in [2.05, 4.69) is 6.92 Å². The molecule has 0 aliphatic heterocycles. The molecule has 1 atom stereocenters. The van der Waals surface area contributed by atoms with Crippen LogP contribution in [-0.4, -0.2) is 19.9 Å². The van der Waals surface area contributed by atoms with Crippen LogP contribution >= 0.6 is 7.60 Å². The van der Waals surface area contributed by atoms with Gasteiger partial charge in [0.15, 0.2) is 0 Å². The van der Waals surface area contributed by atoms with Crippen molar-refractivity contribution >= 4 is 7.60 Å². The first-order valence-electron chi connectivity index (χ1n) is 7.14. The van der Waals surface area contributed by atoms with Gasteiger partial charge in [0.2, 0.25) is 0 Å². The lowest BCUT2D eigenvalue weighted by atomic mass is 10.2. The third-order valence-corrected chi connectivity index (χ3v) is 4.83. The molecule has 0 radical (unpaired) electrons. The van der Waals surface area contributed by atoms with Crippen LogP contribution in [0.3, 0.4) is 0 Å². The topological polar surface area (TPSA) is 44.8 Å². The zero-order valence-corrected chi connectivity index (χ0v) is 13.5. The number of hydrogen-bond donors (Lipinski definition) is 0. The number of rotatable bonds is 10. The summed E-state index contributed by atoms with van der Waals surface area (Å²) in [7, 11) is -1.34. The van der Waals surface area contributed by atoms with Gasteiger partial charge in [-0.15, -0.1) is 0 Å². The summed E-state index contributed by atoms with van der Waals surface area (Å²) in [4.78, 5) is 0. The fourth-order valence-corrected chi connectivity index (χ4v) is 3.49. The fourth-order valence-electron chi connectivity index (χ4n) is 1.64. The van der Waals surface area contributed by atoms with Crippen molar-refractivity contribution in [1.29, 1.82) is 0 Å². The molecular formula is C15H25O4P. The standard InChI is InChI=1S/C15H25O4P/c1-4-6-12-20(16,18-11-5-2)19-13-14-7-9-15(17-3)10-8-14/h7-10H,4-6,11-13H2,1-3H3. The largest absolute Gasteiger partial charge is 0.497 e. The summed E-state index contributed by atoms with van der Waals surface area (Å²) in [5.41, 5.74) is 0.961. The zero-order chi connectivity index (χ0) is 14.8. The van der Waals surface area contributed by atoms with E-state index in [0.717, 1.165) is 30.6 Å². The molecule has 0 fully saturated rings. The molecule has 5 heteroatoms. The van der Waals surface area contributed by atoms with E-state index in [0.29, 0.717) is 19.4 Å². The van der Waals surface area contributed by atoms with Crippen LogP contribution in [0, 0.1) is 0 Å². The highest BCUT2D eigenvalue weighted by Crippen LogP contribution is 2.49. The van der Waals surface area contributed by atoms with Gasteiger partial charge in [-0.3, -0.25) is 4.57 Å². The van der Waals surface area contributed by atoms with Crippen molar-refractivity contribution in [2.75, 3.05) is 19.9 Å². The molecular weight excluding hydrogens is 275 g/mol. The molecule has 1 aromatic carbocycles. The third kappa shape index (κ3) is 6.08. The van der Waals surface area contributed by atoms with E-state index in [1.54, 1.807) is 7.11 Å². The fraction of sp³-hybridized carbons (Fsp3) is 0.600. The Morgan fingerprint density at radius 2 is 1.75 bits per heavy atom. The van der Waals surface area contributed by atoms with E-state index in [1.165, 1.54) is 0 Å². The first-order valence-corrected chi connectivity index (χ1v) is 8.87. The molecule has 0 heterocycles. The van der Waals surface area contributed by atoms with E-state index in [9.17, 15) is 4.57 Å². The number of benzene rings is 1. The molecule has 0 aromatic heterocycles. The van der Waals surface area contributed by atoms with E-state index >= 15 is 0 Å². The quantitative estimate of drug-likeness (QED) is 0.591. The molecule has 0 saturated heterocycles. The molecule has 4 nitrogen and oxygen atoms in total. The highest BCUT2D eigenvalue weighted by Gasteiger charge is 2.23. The molecule has 0 spiro atoms. The predicted molar refractivity (Wildman–Crippen MR) is 81.4 cm³/mol. The van der Waals surface area contributed by atoms with Gasteiger partial charge in [-0.2, -0.15) is 0 Å². The van der Waals surface area contributed by atoms with E-state index < -0.39 is 7.60 Å². The van der Waals surface area contributed by atoms with Crippen LogP contribution in [0.1, 0.15) is 38.7 Å². The van der Waals surface area contributed by atoms with Gasteiger partial charge in [0.05, 0.1) is 26.5 Å². The van der Waals surface area contributed by atoms with Crippen LogP contribution in [0.4, 0.5) is 0 Å². The Labute approximate surface area is 122 Å². The van der Waals surface area contributed by atoms with Gasteiger partial charge >= 0.3 is 7.60 Å². The Morgan fingerprint density at radius 3 is 2.30 bits per heavy atom. The smallest absolute Gasteiger partial charge is 0.330 e. The second kappa shape index (κ2) is 9.17. The molecule has 114 valence electrons. The zero-order valence-electron chi connectivity index (χ0n) is 12.6. The molecule has 0 aliphatic rings. The first-order chi connectivity index (χ1) is 9.63. The van der Waals surface area contributed by atoms with Crippen LogP contribution in [0.2, 0.25) is 0 Å². The lowest BCUT2D eigenvalue weighted by Gasteiger charge is -2.18. The van der Waals surface area contributed by atoms with Crippen molar-refractivity contribution in [3.05, 3.63) is 29.8 Å². The van der Waals surface area contributed by atoms with E-state index in [-0.39, 0.29) is 0 Å². The Hall–Kier alpha value is -0.830. The molecule has 1 unspecified atom stereocenters. The maximum atomic E-state index is 12.6. The maximum absolute atomic E-state index is 12.6. The van der Waals surface area contributed by atoms with Crippen LogP contribution in [0.15, 0.2) is 24.3 Å². The molecule has 20 heavy (non-hydrogen) atoms. The summed E-state index contributed by atoms with van der Waals surface area (Å²) < 4.78 is 28.7. The highest BCUT2D eigenvalue weighted by molar-refractivity contribution is 7.53. The maximum Gasteiger partial charge on any atom is 0.330 e. The Bertz CT molecular complexity index is 404. The minimum atomic E-state index is -2.97. The molecule has 0 amide bonds. The summed E-state index contributed by atoms with van der Waals surface area (Å²) in [6, 6.07) is 7.54. The van der Waals surface area contributed by atoms with Crippen molar-refractivity contribution < 1.29 is 18.3 Å². The van der Waals surface area contributed by atoms with E-state index in [4.69, 9.17) is 13.8 Å². The summed E-state index contributed by atoms with van der Waals surface area (Å²) >= 11 is 0. The van der Waals surface area contributed by atoms with Gasteiger partial charge in [0.25, 0.3) is 0 Å². The Balaban J connectivity index is 2.57. The Kier molecular flexibility index (Phi) is 7.90. The van der Waals surface area contributed by atoms with Crippen LogP contribution in [-0.2, 0) is 20.2 Å². The lowest BCUT2D eigenvalue weighted by Crippen LogP contribution is -2.02. The summed E-state index contributed by atoms with van der Waals surface area (Å²) in [5.74, 6) is 0.796. The number of hydrogen-bond acceptors (Lipinski definition) is 4. The van der Waals surface area contributed by atoms with Gasteiger partial charge < -0.3 is 13.8 Å². The summed E-state index contributed by atoms with van der Waals surface area (Å²) in [6.07, 6.45) is 3.15. The number of methoxy groups -OCH3 is 1. The van der Waals surface area contributed by atoms with Crippen molar-refractivity contribution in [2.45, 2.75) is 39.7 Å². The SMILES string of the molecule is CCCCP(=O)(OCCC)OCc1ccc(OC)cc1. The molecule has 0 bridgehead atoms. The van der Waals surface area contributed by atoms with Crippen molar-refractivity contribution in [1.82, 2.24) is 0 Å². The lowest BCUT2D eigenvalue weighted by molar-refractivity contribution is 0.197. The average molecular weight is 300 g/mol. The van der Waals surface area contributed by atoms with Crippen LogP contribution in [0.25, 0.3) is 0 Å². The van der Waals surface area contributed by atoms with Gasteiger partial charge in [0.1, 0.15) is 5.75 Å². The summed E-state index contributed by atoms with van der Waals surface area (Å²) in [5, 5.41) is 0. The monoisotopic (exact) mass is 300 g/mol. The summed E-state index contributed by atoms with van der Waals surface area (Å²) in [6.45, 7) is 4.83. The first kappa shape index (κ1) is 17.2. The normalized spacial score (nSPS) is 13.9. The number of ether oxygens (including phenoxy) is 1. The minimum absolute atomic E-state index is 0.300. The molecule has 0 saturated carbocycles. The van der Waals surface area contributed by atoms with Crippen LogP contribution in [0.5, 0.6) is 5.75 Å². The van der Waals surface area contributed by atoms with Crippen molar-refractivity contribution in [3.63, 3.8) is 0 Å². The van der Waals surface area contributed by atoms with Gasteiger partial charge in [-0.05, 0) is 30.5 Å². The van der Waals surface area contributed by atoms with Crippen molar-refractivity contribution in [2.24, 2.45) is 0 Å². The Morgan fingerprint density at radius 1 is 1.05 bits per heavy atom. The van der Waals surface area contributed by atoms with Gasteiger partial charge in [-0.1, -0.05) is 32.4 Å². The molecule has 0 aliphatic carbocycles. The second-order valence-corrected chi connectivity index (χ2v) is 6.83. The molecule has 1 rings (SSSR count). The van der Waals surface area contributed by atoms with Gasteiger partial charge in [-0.25, -0.2) is 0 Å². The van der Waals surface area contributed by atoms with Crippen LogP contribution < -0.4 is 4.74 Å². The van der Waals surface area contributed by atoms with E-state index in [1.807, 2.05) is 31.2 Å². The number of unbranched alkanes of at least 4 members (excludes halogenated alkanes) is 1. The predicted octanol–water partition coefficient (Wildman–Crippen LogP) is 4.63. The molecule has 1 aromatic rings. The van der Waals surface area contributed by atoms with Crippen molar-refractivity contribution in [3.8, 4) is 5.75 Å². The average Bonchev–Trinajstić information content (AvgIpc) is 2.50. The second-order valence-electron chi connectivity index (χ2n) is 4.64. The van der Waals surface area contributed by atoms with Gasteiger partial charge in [0, 0.05) is 0 Å². The third-order valence-electron chi connectivity index (χ3n) is 2.86.